The lowest BCUT2D eigenvalue weighted by molar-refractivity contribution is -0.133. The lowest BCUT2D eigenvalue weighted by atomic mass is 10.2. The number of hydrogen-bond acceptors (Lipinski definition) is 4. The number of fused-ring (bicyclic) bond motifs is 1. The highest BCUT2D eigenvalue weighted by Gasteiger charge is 2.23. The maximum atomic E-state index is 13.6. The Kier molecular flexibility index (Phi) is 5.93. The molecule has 9 heteroatoms. The van der Waals surface area contributed by atoms with Gasteiger partial charge >= 0.3 is 5.69 Å². The number of piperazine rings is 1. The van der Waals surface area contributed by atoms with Gasteiger partial charge in [-0.2, -0.15) is 0 Å². The summed E-state index contributed by atoms with van der Waals surface area (Å²) < 4.78 is 15.8. The molecule has 1 fully saturated rings. The smallest absolute Gasteiger partial charge is 0.336 e. The molecule has 2 heterocycles. The van der Waals surface area contributed by atoms with Gasteiger partial charge < -0.3 is 9.80 Å². The summed E-state index contributed by atoms with van der Waals surface area (Å²) in [5.41, 5.74) is -0.706. The molecule has 0 radical (unpaired) electrons. The Labute approximate surface area is 182 Å². The molecule has 0 atom stereocenters. The van der Waals surface area contributed by atoms with Crippen LogP contribution in [0.5, 0.6) is 0 Å². The molecule has 0 spiro atoms. The number of nitrogens with zero attached hydrogens (tertiary/aromatic N) is 4. The number of carbonyl (C=O) groups is 1. The van der Waals surface area contributed by atoms with Crippen LogP contribution in [0, 0.1) is 5.82 Å². The highest BCUT2D eigenvalue weighted by molar-refractivity contribution is 6.30. The van der Waals surface area contributed by atoms with E-state index >= 15 is 0 Å². The summed E-state index contributed by atoms with van der Waals surface area (Å²) >= 11 is 5.87. The molecule has 0 aliphatic carbocycles. The molecular formula is C22H22ClFN4O3. The Morgan fingerprint density at radius 3 is 2.45 bits per heavy atom. The average molecular weight is 445 g/mol. The maximum Gasteiger partial charge on any atom is 0.336 e. The Bertz CT molecular complexity index is 1260. The summed E-state index contributed by atoms with van der Waals surface area (Å²) in [5.74, 6) is -0.841. The third kappa shape index (κ3) is 4.00. The minimum Gasteiger partial charge on any atom is -0.339 e. The number of rotatable bonds is 4. The van der Waals surface area contributed by atoms with Crippen LogP contribution >= 0.6 is 11.6 Å². The number of hydrogen-bond donors (Lipinski definition) is 0. The summed E-state index contributed by atoms with van der Waals surface area (Å²) in [6, 6.07) is 10.3. The molecular weight excluding hydrogens is 423 g/mol. The average Bonchev–Trinajstić information content (AvgIpc) is 2.79. The van der Waals surface area contributed by atoms with Crippen LogP contribution in [0.1, 0.15) is 6.92 Å². The van der Waals surface area contributed by atoms with Gasteiger partial charge in [-0.15, -0.1) is 0 Å². The van der Waals surface area contributed by atoms with Gasteiger partial charge in [-0.1, -0.05) is 30.7 Å². The van der Waals surface area contributed by atoms with Crippen molar-refractivity contribution in [3.05, 3.63) is 74.1 Å². The van der Waals surface area contributed by atoms with E-state index in [0.29, 0.717) is 18.6 Å². The second kappa shape index (κ2) is 8.64. The fourth-order valence-electron chi connectivity index (χ4n) is 3.87. The first-order valence-corrected chi connectivity index (χ1v) is 10.5. The minimum atomic E-state index is -0.674. The molecule has 1 aliphatic heterocycles. The minimum absolute atomic E-state index is 0.143. The van der Waals surface area contributed by atoms with E-state index in [9.17, 15) is 18.8 Å². The number of halogens is 2. The Morgan fingerprint density at radius 1 is 1.06 bits per heavy atom. The van der Waals surface area contributed by atoms with Crippen molar-refractivity contribution >= 4 is 28.4 Å². The fourth-order valence-corrected chi connectivity index (χ4v) is 4.05. The van der Waals surface area contributed by atoms with E-state index in [1.165, 1.54) is 16.7 Å². The van der Waals surface area contributed by atoms with Gasteiger partial charge in [-0.25, -0.2) is 13.8 Å². The first-order chi connectivity index (χ1) is 14.9. The molecule has 162 valence electrons. The van der Waals surface area contributed by atoms with Gasteiger partial charge in [0.15, 0.2) is 0 Å². The number of aromatic nitrogens is 2. The zero-order valence-electron chi connectivity index (χ0n) is 17.1. The summed E-state index contributed by atoms with van der Waals surface area (Å²) in [6.07, 6.45) is 0. The third-order valence-corrected chi connectivity index (χ3v) is 5.97. The standard InChI is InChI=1S/C22H22ClFN4O3/c1-2-25-9-11-26(12-10-25)20(29)14-27-19-6-4-3-5-16(19)21(30)28(22(27)31)15-7-8-18(24)17(23)13-15/h3-8,13H,2,9-12,14H2,1H3. The number of likely N-dealkylation sites (N-methyl/N-ethyl adjacent to an activating group) is 1. The van der Waals surface area contributed by atoms with E-state index in [1.54, 1.807) is 29.2 Å². The van der Waals surface area contributed by atoms with E-state index in [-0.39, 0.29) is 28.5 Å². The molecule has 1 saturated heterocycles. The van der Waals surface area contributed by atoms with Crippen LogP contribution in [0.3, 0.4) is 0 Å². The zero-order chi connectivity index (χ0) is 22.1. The summed E-state index contributed by atoms with van der Waals surface area (Å²) in [4.78, 5) is 43.4. The first-order valence-electron chi connectivity index (χ1n) is 10.1. The molecule has 1 aromatic heterocycles. The topological polar surface area (TPSA) is 67.5 Å². The molecule has 1 amide bonds. The molecule has 4 rings (SSSR count). The molecule has 0 bridgehead atoms. The first kappa shape index (κ1) is 21.3. The maximum absolute atomic E-state index is 13.6. The lowest BCUT2D eigenvalue weighted by Gasteiger charge is -2.34. The lowest BCUT2D eigenvalue weighted by Crippen LogP contribution is -2.50. The van der Waals surface area contributed by atoms with Crippen molar-refractivity contribution in [3.8, 4) is 5.69 Å². The Morgan fingerprint density at radius 2 is 1.77 bits per heavy atom. The largest absolute Gasteiger partial charge is 0.339 e. The van der Waals surface area contributed by atoms with Crippen molar-refractivity contribution < 1.29 is 9.18 Å². The zero-order valence-corrected chi connectivity index (χ0v) is 17.8. The Hall–Kier alpha value is -2.97. The highest BCUT2D eigenvalue weighted by Crippen LogP contribution is 2.18. The van der Waals surface area contributed by atoms with Crippen molar-refractivity contribution in [3.63, 3.8) is 0 Å². The van der Waals surface area contributed by atoms with Crippen LogP contribution in [-0.4, -0.2) is 57.6 Å². The van der Waals surface area contributed by atoms with Crippen molar-refractivity contribution in [1.29, 1.82) is 0 Å². The quantitative estimate of drug-likeness (QED) is 0.618. The van der Waals surface area contributed by atoms with E-state index in [4.69, 9.17) is 11.6 Å². The number of carbonyl (C=O) groups excluding carboxylic acids is 1. The Balaban J connectivity index is 1.80. The third-order valence-electron chi connectivity index (χ3n) is 5.68. The van der Waals surface area contributed by atoms with Crippen molar-refractivity contribution in [2.24, 2.45) is 0 Å². The second-order valence-corrected chi connectivity index (χ2v) is 7.85. The number of amides is 1. The van der Waals surface area contributed by atoms with Gasteiger partial charge in [0, 0.05) is 26.2 Å². The molecule has 0 N–H and O–H groups in total. The van der Waals surface area contributed by atoms with Crippen LogP contribution in [-0.2, 0) is 11.3 Å². The van der Waals surface area contributed by atoms with Gasteiger partial charge in [-0.3, -0.25) is 14.2 Å². The van der Waals surface area contributed by atoms with Crippen molar-refractivity contribution in [1.82, 2.24) is 18.9 Å². The fraction of sp³-hybridized carbons (Fsp3) is 0.318. The summed E-state index contributed by atoms with van der Waals surface area (Å²) in [6.45, 7) is 5.56. The van der Waals surface area contributed by atoms with E-state index in [1.807, 2.05) is 0 Å². The second-order valence-electron chi connectivity index (χ2n) is 7.44. The number of para-hydroxylation sites is 1. The van der Waals surface area contributed by atoms with E-state index in [2.05, 4.69) is 11.8 Å². The van der Waals surface area contributed by atoms with Gasteiger partial charge in [0.1, 0.15) is 12.4 Å². The van der Waals surface area contributed by atoms with Crippen molar-refractivity contribution in [2.45, 2.75) is 13.5 Å². The molecule has 0 unspecified atom stereocenters. The monoisotopic (exact) mass is 444 g/mol. The molecule has 0 saturated carbocycles. The summed E-state index contributed by atoms with van der Waals surface area (Å²) in [5, 5.41) is 0.0829. The highest BCUT2D eigenvalue weighted by atomic mass is 35.5. The van der Waals surface area contributed by atoms with E-state index in [0.717, 1.165) is 30.3 Å². The SMILES string of the molecule is CCN1CCN(C(=O)Cn2c(=O)n(-c3ccc(F)c(Cl)c3)c(=O)c3ccccc32)CC1. The van der Waals surface area contributed by atoms with Crippen molar-refractivity contribution in [2.75, 3.05) is 32.7 Å². The molecule has 1 aliphatic rings. The van der Waals surface area contributed by atoms with Crippen LogP contribution in [0.4, 0.5) is 4.39 Å². The van der Waals surface area contributed by atoms with Crippen LogP contribution in [0.15, 0.2) is 52.1 Å². The van der Waals surface area contributed by atoms with E-state index < -0.39 is 17.1 Å². The molecule has 7 nitrogen and oxygen atoms in total. The van der Waals surface area contributed by atoms with Gasteiger partial charge in [0.05, 0.1) is 21.6 Å². The number of benzene rings is 2. The predicted molar refractivity (Wildman–Crippen MR) is 117 cm³/mol. The van der Waals surface area contributed by atoms with Gasteiger partial charge in [-0.05, 0) is 36.9 Å². The summed E-state index contributed by atoms with van der Waals surface area (Å²) in [7, 11) is 0. The predicted octanol–water partition coefficient (Wildman–Crippen LogP) is 2.11. The molecule has 31 heavy (non-hydrogen) atoms. The van der Waals surface area contributed by atoms with Gasteiger partial charge in [0.25, 0.3) is 5.56 Å². The molecule has 3 aromatic rings. The van der Waals surface area contributed by atoms with Gasteiger partial charge in [0.2, 0.25) is 5.91 Å². The van der Waals surface area contributed by atoms with Crippen LogP contribution in [0.2, 0.25) is 5.02 Å². The molecule has 2 aromatic carbocycles. The van der Waals surface area contributed by atoms with Crippen LogP contribution in [0.25, 0.3) is 16.6 Å². The van der Waals surface area contributed by atoms with Crippen LogP contribution < -0.4 is 11.2 Å². The normalized spacial score (nSPS) is 14.9.